The number of halogens is 2. The van der Waals surface area contributed by atoms with Crippen molar-refractivity contribution in [2.45, 2.75) is 57.6 Å². The maximum Gasteiger partial charge on any atom is 0.408 e. The first-order valence-corrected chi connectivity index (χ1v) is 8.02. The molecule has 1 aromatic rings. The first-order valence-electron chi connectivity index (χ1n) is 7.65. The molecule has 1 aliphatic rings. The molecule has 0 aromatic heterocycles. The smallest absolute Gasteiger partial charge is 0.408 e. The Bertz CT molecular complexity index is 627. The van der Waals surface area contributed by atoms with E-state index in [1.807, 2.05) is 0 Å². The molecule has 1 atom stereocenters. The Kier molecular flexibility index (Phi) is 4.99. The van der Waals surface area contributed by atoms with Crippen LogP contribution in [0.1, 0.15) is 52.0 Å². The second-order valence-electron chi connectivity index (χ2n) is 6.76. The normalized spacial score (nSPS) is 21.9. The Hall–Kier alpha value is -1.62. The summed E-state index contributed by atoms with van der Waals surface area (Å²) in [7, 11) is 0. The third-order valence-electron chi connectivity index (χ3n) is 3.81. The number of hydrogen-bond donors (Lipinski definition) is 1. The fourth-order valence-electron chi connectivity index (χ4n) is 2.82. The topological polar surface area (TPSA) is 55.4 Å². The number of benzene rings is 1. The summed E-state index contributed by atoms with van der Waals surface area (Å²) in [6.07, 6.45) is 1.28. The minimum Gasteiger partial charge on any atom is -0.444 e. The zero-order valence-corrected chi connectivity index (χ0v) is 14.3. The number of alkyl carbamates (subject to hydrolysis) is 1. The van der Waals surface area contributed by atoms with Crippen molar-refractivity contribution in [2.75, 3.05) is 0 Å². The number of carbonyl (C=O) groups is 2. The molecule has 0 radical (unpaired) electrons. The average Bonchev–Trinajstić information content (AvgIpc) is 2.42. The van der Waals surface area contributed by atoms with Crippen molar-refractivity contribution in [3.8, 4) is 0 Å². The second kappa shape index (κ2) is 6.48. The molecule has 1 aromatic carbocycles. The monoisotopic (exact) mass is 341 g/mol. The third kappa shape index (κ3) is 3.83. The van der Waals surface area contributed by atoms with E-state index in [2.05, 4.69) is 5.32 Å². The molecule has 1 N–H and O–H groups in total. The van der Waals surface area contributed by atoms with E-state index < -0.39 is 23.1 Å². The Morgan fingerprint density at radius 1 is 1.35 bits per heavy atom. The Labute approximate surface area is 140 Å². The number of ether oxygens (including phenoxy) is 1. The Balaban J connectivity index is 2.43. The van der Waals surface area contributed by atoms with Gasteiger partial charge in [-0.25, -0.2) is 9.18 Å². The van der Waals surface area contributed by atoms with Gasteiger partial charge < -0.3 is 10.1 Å². The molecule has 4 nitrogen and oxygen atoms in total. The maximum atomic E-state index is 14.5. The molecule has 0 saturated heterocycles. The zero-order valence-electron chi connectivity index (χ0n) is 13.5. The van der Waals surface area contributed by atoms with Crippen molar-refractivity contribution >= 4 is 23.5 Å². The van der Waals surface area contributed by atoms with Crippen LogP contribution in [0.15, 0.2) is 18.2 Å². The van der Waals surface area contributed by atoms with Gasteiger partial charge in [0.15, 0.2) is 5.78 Å². The van der Waals surface area contributed by atoms with Crippen LogP contribution >= 0.6 is 11.6 Å². The summed E-state index contributed by atoms with van der Waals surface area (Å²) < 4.78 is 19.8. The van der Waals surface area contributed by atoms with Crippen LogP contribution in [0.3, 0.4) is 0 Å². The number of rotatable bonds is 2. The Morgan fingerprint density at radius 3 is 2.65 bits per heavy atom. The molecule has 1 saturated carbocycles. The van der Waals surface area contributed by atoms with E-state index in [1.54, 1.807) is 26.8 Å². The van der Waals surface area contributed by atoms with Crippen LogP contribution < -0.4 is 5.32 Å². The lowest BCUT2D eigenvalue weighted by molar-refractivity contribution is -0.128. The van der Waals surface area contributed by atoms with E-state index in [9.17, 15) is 14.0 Å². The lowest BCUT2D eigenvalue weighted by atomic mass is 9.75. The van der Waals surface area contributed by atoms with Crippen LogP contribution in [0.5, 0.6) is 0 Å². The van der Waals surface area contributed by atoms with Crippen molar-refractivity contribution in [3.05, 3.63) is 34.6 Å². The zero-order chi connectivity index (χ0) is 17.3. The van der Waals surface area contributed by atoms with Crippen molar-refractivity contribution in [2.24, 2.45) is 0 Å². The van der Waals surface area contributed by atoms with Crippen LogP contribution in [0.4, 0.5) is 9.18 Å². The standard InChI is InChI=1S/C17H21ClFNO3/c1-16(2,3)23-15(22)20-17(10-5-4-9-13(17)21)11-7-6-8-12(18)14(11)19/h6-8H,4-5,9-10H2,1-3H3,(H,20,22). The molecule has 126 valence electrons. The summed E-state index contributed by atoms with van der Waals surface area (Å²) in [5.41, 5.74) is -2.04. The number of carbonyl (C=O) groups excluding carboxylic acids is 2. The molecule has 23 heavy (non-hydrogen) atoms. The number of amides is 1. The van der Waals surface area contributed by atoms with Gasteiger partial charge in [-0.05, 0) is 46.1 Å². The van der Waals surface area contributed by atoms with Gasteiger partial charge in [0.05, 0.1) is 5.02 Å². The molecule has 0 bridgehead atoms. The fraction of sp³-hybridized carbons (Fsp3) is 0.529. The summed E-state index contributed by atoms with van der Waals surface area (Å²) in [6, 6.07) is 4.47. The highest BCUT2D eigenvalue weighted by molar-refractivity contribution is 6.30. The highest BCUT2D eigenvalue weighted by Crippen LogP contribution is 2.37. The molecule has 0 aliphatic heterocycles. The predicted molar refractivity (Wildman–Crippen MR) is 85.9 cm³/mol. The summed E-state index contributed by atoms with van der Waals surface area (Å²) in [6.45, 7) is 5.17. The van der Waals surface area contributed by atoms with E-state index in [0.29, 0.717) is 12.8 Å². The lowest BCUT2D eigenvalue weighted by Crippen LogP contribution is -2.54. The molecule has 6 heteroatoms. The van der Waals surface area contributed by atoms with Crippen LogP contribution in [0.25, 0.3) is 0 Å². The molecule has 1 aliphatic carbocycles. The minimum atomic E-state index is -1.42. The van der Waals surface area contributed by atoms with Gasteiger partial charge in [-0.1, -0.05) is 23.7 Å². The van der Waals surface area contributed by atoms with Gasteiger partial charge in [0.25, 0.3) is 0 Å². The second-order valence-corrected chi connectivity index (χ2v) is 7.17. The average molecular weight is 342 g/mol. The van der Waals surface area contributed by atoms with E-state index in [4.69, 9.17) is 16.3 Å². The molecule has 1 fully saturated rings. The van der Waals surface area contributed by atoms with Crippen molar-refractivity contribution in [1.29, 1.82) is 0 Å². The van der Waals surface area contributed by atoms with Gasteiger partial charge >= 0.3 is 6.09 Å². The fourth-order valence-corrected chi connectivity index (χ4v) is 3.00. The van der Waals surface area contributed by atoms with E-state index in [0.717, 1.165) is 6.42 Å². The predicted octanol–water partition coefficient (Wildman–Crippen LogP) is 4.34. The van der Waals surface area contributed by atoms with Gasteiger partial charge in [-0.15, -0.1) is 0 Å². The minimum absolute atomic E-state index is 0.0776. The summed E-state index contributed by atoms with van der Waals surface area (Å²) in [5.74, 6) is -0.906. The summed E-state index contributed by atoms with van der Waals surface area (Å²) >= 11 is 5.86. The maximum absolute atomic E-state index is 14.5. The third-order valence-corrected chi connectivity index (χ3v) is 4.10. The SMILES string of the molecule is CC(C)(C)OC(=O)NC1(c2cccc(Cl)c2F)CCCCC1=O. The largest absolute Gasteiger partial charge is 0.444 e. The van der Waals surface area contributed by atoms with Gasteiger partial charge in [0.2, 0.25) is 0 Å². The van der Waals surface area contributed by atoms with Gasteiger partial charge in [-0.3, -0.25) is 4.79 Å². The van der Waals surface area contributed by atoms with Gasteiger partial charge in [-0.2, -0.15) is 0 Å². The van der Waals surface area contributed by atoms with Gasteiger partial charge in [0, 0.05) is 12.0 Å². The molecule has 1 amide bonds. The number of Topliss-reactive ketones (excluding diaryl/α,β-unsaturated/α-hetero) is 1. The summed E-state index contributed by atoms with van der Waals surface area (Å²) in [5, 5.41) is 2.54. The van der Waals surface area contributed by atoms with E-state index in [1.165, 1.54) is 12.1 Å². The molecule has 2 rings (SSSR count). The van der Waals surface area contributed by atoms with E-state index >= 15 is 0 Å². The first-order chi connectivity index (χ1) is 10.7. The molecule has 1 unspecified atom stereocenters. The summed E-state index contributed by atoms with van der Waals surface area (Å²) in [4.78, 5) is 24.8. The van der Waals surface area contributed by atoms with Crippen LogP contribution in [0.2, 0.25) is 5.02 Å². The van der Waals surface area contributed by atoms with Crippen molar-refractivity contribution < 1.29 is 18.7 Å². The molecule has 0 spiro atoms. The van der Waals surface area contributed by atoms with Gasteiger partial charge in [0.1, 0.15) is 17.0 Å². The highest BCUT2D eigenvalue weighted by atomic mass is 35.5. The van der Waals surface area contributed by atoms with Crippen LogP contribution in [0, 0.1) is 5.82 Å². The number of hydrogen-bond acceptors (Lipinski definition) is 3. The molecule has 0 heterocycles. The highest BCUT2D eigenvalue weighted by Gasteiger charge is 2.45. The van der Waals surface area contributed by atoms with E-state index in [-0.39, 0.29) is 22.8 Å². The number of nitrogens with one attached hydrogen (secondary N) is 1. The molecular formula is C17H21ClFNO3. The van der Waals surface area contributed by atoms with Crippen LogP contribution in [-0.2, 0) is 15.1 Å². The quantitative estimate of drug-likeness (QED) is 0.870. The number of ketones is 1. The molecular weight excluding hydrogens is 321 g/mol. The van der Waals surface area contributed by atoms with Crippen molar-refractivity contribution in [1.82, 2.24) is 5.32 Å². The van der Waals surface area contributed by atoms with Crippen LogP contribution in [-0.4, -0.2) is 17.5 Å². The first kappa shape index (κ1) is 17.7. The Morgan fingerprint density at radius 2 is 2.04 bits per heavy atom. The lowest BCUT2D eigenvalue weighted by Gasteiger charge is -2.37. The van der Waals surface area contributed by atoms with Crippen molar-refractivity contribution in [3.63, 3.8) is 0 Å².